The van der Waals surface area contributed by atoms with Gasteiger partial charge in [-0.2, -0.15) is 0 Å². The van der Waals surface area contributed by atoms with Crippen LogP contribution in [0.4, 0.5) is 0 Å². The Balaban J connectivity index is 1.95. The molecule has 0 radical (unpaired) electrons. The first-order valence-corrected chi connectivity index (χ1v) is 6.99. The summed E-state index contributed by atoms with van der Waals surface area (Å²) in [6.45, 7) is 4.16. The van der Waals surface area contributed by atoms with Crippen LogP contribution in [0.5, 0.6) is 11.5 Å². The molecule has 0 saturated carbocycles. The molecule has 1 aromatic rings. The van der Waals surface area contributed by atoms with Crippen molar-refractivity contribution in [1.82, 2.24) is 9.80 Å². The van der Waals surface area contributed by atoms with E-state index in [4.69, 9.17) is 14.6 Å². The second-order valence-electron chi connectivity index (χ2n) is 5.12. The zero-order chi connectivity index (χ0) is 15.2. The number of hydrogen-bond acceptors (Lipinski definition) is 5. The Kier molecular flexibility index (Phi) is 5.41. The number of nitrogens with zero attached hydrogens (tertiary/aromatic N) is 2. The molecule has 116 valence electrons. The summed E-state index contributed by atoms with van der Waals surface area (Å²) in [6, 6.07) is 5.78. The molecule has 1 aliphatic rings. The van der Waals surface area contributed by atoms with Gasteiger partial charge in [0, 0.05) is 38.3 Å². The minimum atomic E-state index is -0.766. The van der Waals surface area contributed by atoms with E-state index in [1.165, 1.54) is 0 Å². The van der Waals surface area contributed by atoms with E-state index in [1.54, 1.807) is 14.2 Å². The van der Waals surface area contributed by atoms with Crippen molar-refractivity contribution >= 4 is 5.97 Å². The fourth-order valence-electron chi connectivity index (χ4n) is 2.54. The van der Waals surface area contributed by atoms with E-state index in [-0.39, 0.29) is 6.54 Å². The molecular weight excluding hydrogens is 272 g/mol. The van der Waals surface area contributed by atoms with E-state index >= 15 is 0 Å². The van der Waals surface area contributed by atoms with Crippen LogP contribution in [0.15, 0.2) is 18.2 Å². The van der Waals surface area contributed by atoms with Crippen LogP contribution in [0, 0.1) is 0 Å². The molecule has 0 amide bonds. The van der Waals surface area contributed by atoms with E-state index in [0.717, 1.165) is 49.8 Å². The predicted molar refractivity (Wildman–Crippen MR) is 78.9 cm³/mol. The molecule has 0 aromatic heterocycles. The highest BCUT2D eigenvalue weighted by atomic mass is 16.5. The Morgan fingerprint density at radius 2 is 1.81 bits per heavy atom. The Morgan fingerprint density at radius 3 is 2.38 bits per heavy atom. The van der Waals surface area contributed by atoms with Crippen LogP contribution >= 0.6 is 0 Å². The second-order valence-corrected chi connectivity index (χ2v) is 5.12. The lowest BCUT2D eigenvalue weighted by Gasteiger charge is -2.34. The highest BCUT2D eigenvalue weighted by molar-refractivity contribution is 5.69. The monoisotopic (exact) mass is 294 g/mol. The van der Waals surface area contributed by atoms with Gasteiger partial charge in [-0.25, -0.2) is 0 Å². The number of benzene rings is 1. The van der Waals surface area contributed by atoms with Gasteiger partial charge in [-0.05, 0) is 18.2 Å². The lowest BCUT2D eigenvalue weighted by Crippen LogP contribution is -2.47. The van der Waals surface area contributed by atoms with Crippen molar-refractivity contribution in [2.24, 2.45) is 0 Å². The number of methoxy groups -OCH3 is 2. The number of hydrogen-bond donors (Lipinski definition) is 1. The van der Waals surface area contributed by atoms with Crippen LogP contribution in [0.25, 0.3) is 0 Å². The molecule has 6 nitrogen and oxygen atoms in total. The highest BCUT2D eigenvalue weighted by Crippen LogP contribution is 2.25. The number of ether oxygens (including phenoxy) is 2. The van der Waals surface area contributed by atoms with Crippen molar-refractivity contribution in [2.75, 3.05) is 46.9 Å². The summed E-state index contributed by atoms with van der Waals surface area (Å²) in [5.41, 5.74) is 1.09. The van der Waals surface area contributed by atoms with Gasteiger partial charge in [0.05, 0.1) is 20.8 Å². The van der Waals surface area contributed by atoms with Gasteiger partial charge in [0.1, 0.15) is 11.5 Å². The molecule has 21 heavy (non-hydrogen) atoms. The fraction of sp³-hybridized carbons (Fsp3) is 0.533. The van der Waals surface area contributed by atoms with E-state index in [0.29, 0.717) is 0 Å². The van der Waals surface area contributed by atoms with Gasteiger partial charge in [0.15, 0.2) is 0 Å². The summed E-state index contributed by atoms with van der Waals surface area (Å²) < 4.78 is 10.6. The van der Waals surface area contributed by atoms with Crippen LogP contribution in [0.2, 0.25) is 0 Å². The van der Waals surface area contributed by atoms with E-state index in [9.17, 15) is 4.79 Å². The average molecular weight is 294 g/mol. The van der Waals surface area contributed by atoms with Crippen LogP contribution in [0.3, 0.4) is 0 Å². The van der Waals surface area contributed by atoms with Crippen LogP contribution in [-0.2, 0) is 11.3 Å². The molecular formula is C15H22N2O4. The van der Waals surface area contributed by atoms with Crippen molar-refractivity contribution in [3.63, 3.8) is 0 Å². The van der Waals surface area contributed by atoms with Gasteiger partial charge < -0.3 is 14.6 Å². The average Bonchev–Trinajstić information content (AvgIpc) is 2.48. The standard InChI is InChI=1S/C15H22N2O4/c1-20-13-3-4-14(21-2)12(9-13)10-16-5-7-17(8-6-16)11-15(18)19/h3-4,9H,5-8,10-11H2,1-2H3,(H,18,19). The number of aliphatic carboxylic acids is 1. The number of carboxylic acids is 1. The highest BCUT2D eigenvalue weighted by Gasteiger charge is 2.19. The minimum Gasteiger partial charge on any atom is -0.497 e. The van der Waals surface area contributed by atoms with E-state index < -0.39 is 5.97 Å². The molecule has 0 aliphatic carbocycles. The Labute approximate surface area is 124 Å². The first-order chi connectivity index (χ1) is 10.1. The Hall–Kier alpha value is -1.79. The van der Waals surface area contributed by atoms with Crippen molar-refractivity contribution < 1.29 is 19.4 Å². The zero-order valence-corrected chi connectivity index (χ0v) is 12.5. The van der Waals surface area contributed by atoms with Gasteiger partial charge in [-0.3, -0.25) is 14.6 Å². The van der Waals surface area contributed by atoms with Crippen molar-refractivity contribution in [3.05, 3.63) is 23.8 Å². The quantitative estimate of drug-likeness (QED) is 0.841. The molecule has 0 unspecified atom stereocenters. The third-order valence-electron chi connectivity index (χ3n) is 3.71. The van der Waals surface area contributed by atoms with Gasteiger partial charge in [0.25, 0.3) is 0 Å². The molecule has 1 N–H and O–H groups in total. The number of rotatable bonds is 6. The largest absolute Gasteiger partial charge is 0.497 e. The van der Waals surface area contributed by atoms with Crippen LogP contribution < -0.4 is 9.47 Å². The number of carbonyl (C=O) groups is 1. The molecule has 0 spiro atoms. The van der Waals surface area contributed by atoms with Gasteiger partial charge in [-0.15, -0.1) is 0 Å². The summed E-state index contributed by atoms with van der Waals surface area (Å²) in [5, 5.41) is 8.81. The first kappa shape index (κ1) is 15.6. The van der Waals surface area contributed by atoms with E-state index in [1.807, 2.05) is 23.1 Å². The maximum atomic E-state index is 10.7. The third-order valence-corrected chi connectivity index (χ3v) is 3.71. The Bertz CT molecular complexity index is 485. The van der Waals surface area contributed by atoms with Crippen molar-refractivity contribution in [2.45, 2.75) is 6.54 Å². The molecule has 1 heterocycles. The summed E-state index contributed by atoms with van der Waals surface area (Å²) >= 11 is 0. The summed E-state index contributed by atoms with van der Waals surface area (Å²) in [6.07, 6.45) is 0. The predicted octanol–water partition coefficient (Wildman–Crippen LogP) is 0.906. The van der Waals surface area contributed by atoms with Gasteiger partial charge in [-0.1, -0.05) is 0 Å². The fourth-order valence-corrected chi connectivity index (χ4v) is 2.54. The molecule has 0 bridgehead atoms. The molecule has 6 heteroatoms. The van der Waals surface area contributed by atoms with Crippen LogP contribution in [-0.4, -0.2) is 67.8 Å². The Morgan fingerprint density at radius 1 is 1.14 bits per heavy atom. The van der Waals surface area contributed by atoms with Crippen molar-refractivity contribution in [1.29, 1.82) is 0 Å². The second kappa shape index (κ2) is 7.28. The summed E-state index contributed by atoms with van der Waals surface area (Å²) in [4.78, 5) is 15.0. The molecule has 2 rings (SSSR count). The van der Waals surface area contributed by atoms with Crippen molar-refractivity contribution in [3.8, 4) is 11.5 Å². The van der Waals surface area contributed by atoms with Gasteiger partial charge >= 0.3 is 5.97 Å². The summed E-state index contributed by atoms with van der Waals surface area (Å²) in [7, 11) is 3.31. The molecule has 1 aliphatic heterocycles. The number of piperazine rings is 1. The molecule has 1 aromatic carbocycles. The van der Waals surface area contributed by atoms with Crippen LogP contribution in [0.1, 0.15) is 5.56 Å². The minimum absolute atomic E-state index is 0.121. The smallest absolute Gasteiger partial charge is 0.317 e. The maximum absolute atomic E-state index is 10.7. The van der Waals surface area contributed by atoms with E-state index in [2.05, 4.69) is 4.90 Å². The normalized spacial score (nSPS) is 16.7. The number of carboxylic acid groups (broad SMARTS) is 1. The first-order valence-electron chi connectivity index (χ1n) is 6.99. The molecule has 1 saturated heterocycles. The SMILES string of the molecule is COc1ccc(OC)c(CN2CCN(CC(=O)O)CC2)c1. The topological polar surface area (TPSA) is 62.2 Å². The lowest BCUT2D eigenvalue weighted by atomic mass is 10.1. The maximum Gasteiger partial charge on any atom is 0.317 e. The molecule has 0 atom stereocenters. The zero-order valence-electron chi connectivity index (χ0n) is 12.5. The lowest BCUT2D eigenvalue weighted by molar-refractivity contribution is -0.138. The molecule has 1 fully saturated rings. The van der Waals surface area contributed by atoms with Gasteiger partial charge in [0.2, 0.25) is 0 Å². The third kappa shape index (κ3) is 4.34. The summed E-state index contributed by atoms with van der Waals surface area (Å²) in [5.74, 6) is 0.900.